The molecular weight excluding hydrogens is 347 g/mol. The van der Waals surface area contributed by atoms with Crippen molar-refractivity contribution in [3.8, 4) is 0 Å². The molecule has 0 bridgehead atoms. The molecule has 7 nitrogen and oxygen atoms in total. The van der Waals surface area contributed by atoms with E-state index in [0.717, 1.165) is 48.7 Å². The summed E-state index contributed by atoms with van der Waals surface area (Å²) in [6.45, 7) is 3.53. The lowest BCUT2D eigenvalue weighted by molar-refractivity contribution is 0.533. The lowest BCUT2D eigenvalue weighted by atomic mass is 10.0. The molecule has 1 aromatic carbocycles. The zero-order chi connectivity index (χ0) is 18.5. The number of halogens is 1. The summed E-state index contributed by atoms with van der Waals surface area (Å²) in [4.78, 5) is 24.7. The molecular formula is C19H19FN6O. The van der Waals surface area contributed by atoms with Gasteiger partial charge in [-0.1, -0.05) is 0 Å². The van der Waals surface area contributed by atoms with E-state index in [0.29, 0.717) is 11.8 Å². The molecule has 2 aliphatic rings. The maximum Gasteiger partial charge on any atom is 0.266 e. The lowest BCUT2D eigenvalue weighted by Gasteiger charge is -2.23. The van der Waals surface area contributed by atoms with Gasteiger partial charge < -0.3 is 9.80 Å². The Labute approximate surface area is 155 Å². The molecule has 2 fully saturated rings. The van der Waals surface area contributed by atoms with Crippen LogP contribution in [0.25, 0.3) is 10.9 Å². The highest BCUT2D eigenvalue weighted by Gasteiger charge is 2.41. The Morgan fingerprint density at radius 2 is 1.74 bits per heavy atom. The van der Waals surface area contributed by atoms with Gasteiger partial charge in [-0.3, -0.25) is 4.79 Å². The summed E-state index contributed by atoms with van der Waals surface area (Å²) in [7, 11) is 1.67. The fourth-order valence-corrected chi connectivity index (χ4v) is 4.28. The molecule has 8 heteroatoms. The van der Waals surface area contributed by atoms with E-state index in [9.17, 15) is 9.18 Å². The summed E-state index contributed by atoms with van der Waals surface area (Å²) in [5.41, 5.74) is 0.654. The highest BCUT2D eigenvalue weighted by molar-refractivity contribution is 5.89. The standard InChI is InChI=1S/C19H19FN6O/c1-24-18(27)5-4-17(23-24)25-7-12-9-26(10-13(12)8-25)19-15-6-14(20)2-3-16(15)21-11-22-19/h2-6,11-13H,7-10H2,1H3. The van der Waals surface area contributed by atoms with Crippen LogP contribution in [0.15, 0.2) is 41.5 Å². The predicted molar refractivity (Wildman–Crippen MR) is 100 cm³/mol. The van der Waals surface area contributed by atoms with Crippen LogP contribution in [0.5, 0.6) is 0 Å². The molecule has 0 radical (unpaired) electrons. The SMILES string of the molecule is Cn1nc(N2CC3CN(c4ncnc5ccc(F)cc45)CC3C2)ccc1=O. The first-order valence-corrected chi connectivity index (χ1v) is 9.03. The van der Waals surface area contributed by atoms with E-state index >= 15 is 0 Å². The van der Waals surface area contributed by atoms with Gasteiger partial charge in [-0.25, -0.2) is 19.0 Å². The second-order valence-corrected chi connectivity index (χ2v) is 7.34. The fraction of sp³-hybridized carbons (Fsp3) is 0.368. The molecule has 5 rings (SSSR count). The van der Waals surface area contributed by atoms with Gasteiger partial charge in [-0.2, -0.15) is 5.10 Å². The maximum absolute atomic E-state index is 13.7. The van der Waals surface area contributed by atoms with E-state index in [1.54, 1.807) is 31.6 Å². The summed E-state index contributed by atoms with van der Waals surface area (Å²) < 4.78 is 15.1. The molecule has 2 atom stereocenters. The van der Waals surface area contributed by atoms with Crippen LogP contribution >= 0.6 is 0 Å². The number of benzene rings is 1. The molecule has 2 saturated heterocycles. The highest BCUT2D eigenvalue weighted by Crippen LogP contribution is 2.36. The van der Waals surface area contributed by atoms with Gasteiger partial charge in [-0.05, 0) is 24.3 Å². The number of rotatable bonds is 2. The molecule has 0 spiro atoms. The topological polar surface area (TPSA) is 67.2 Å². The Balaban J connectivity index is 1.38. The van der Waals surface area contributed by atoms with E-state index < -0.39 is 0 Å². The molecule has 27 heavy (non-hydrogen) atoms. The molecule has 0 amide bonds. The molecule has 2 aliphatic heterocycles. The Morgan fingerprint density at radius 1 is 1.00 bits per heavy atom. The van der Waals surface area contributed by atoms with Crippen molar-refractivity contribution in [2.45, 2.75) is 0 Å². The van der Waals surface area contributed by atoms with Gasteiger partial charge in [0.25, 0.3) is 5.56 Å². The number of hydrogen-bond donors (Lipinski definition) is 0. The average molecular weight is 366 g/mol. The molecule has 0 saturated carbocycles. The Hall–Kier alpha value is -3.03. The zero-order valence-corrected chi connectivity index (χ0v) is 14.9. The summed E-state index contributed by atoms with van der Waals surface area (Å²) >= 11 is 0. The molecule has 3 aromatic rings. The van der Waals surface area contributed by atoms with E-state index in [4.69, 9.17) is 0 Å². The van der Waals surface area contributed by atoms with Crippen LogP contribution in [0.3, 0.4) is 0 Å². The van der Waals surface area contributed by atoms with E-state index in [-0.39, 0.29) is 11.4 Å². The summed E-state index contributed by atoms with van der Waals surface area (Å²) in [5.74, 6) is 2.35. The number of hydrogen-bond acceptors (Lipinski definition) is 6. The third kappa shape index (κ3) is 2.72. The molecule has 138 valence electrons. The number of nitrogens with zero attached hydrogens (tertiary/aromatic N) is 6. The zero-order valence-electron chi connectivity index (χ0n) is 14.9. The first-order chi connectivity index (χ1) is 13.1. The number of aromatic nitrogens is 4. The van der Waals surface area contributed by atoms with Crippen molar-refractivity contribution in [1.82, 2.24) is 19.7 Å². The maximum atomic E-state index is 13.7. The quantitative estimate of drug-likeness (QED) is 0.684. The van der Waals surface area contributed by atoms with Crippen LogP contribution in [0.2, 0.25) is 0 Å². The van der Waals surface area contributed by atoms with E-state index in [1.165, 1.54) is 16.8 Å². The van der Waals surface area contributed by atoms with Crippen molar-refractivity contribution >= 4 is 22.5 Å². The highest BCUT2D eigenvalue weighted by atomic mass is 19.1. The fourth-order valence-electron chi connectivity index (χ4n) is 4.28. The summed E-state index contributed by atoms with van der Waals surface area (Å²) in [6, 6.07) is 7.99. The van der Waals surface area contributed by atoms with Crippen LogP contribution in [0.1, 0.15) is 0 Å². The van der Waals surface area contributed by atoms with Crippen LogP contribution < -0.4 is 15.4 Å². The minimum atomic E-state index is -0.273. The molecule has 0 aliphatic carbocycles. The normalized spacial score (nSPS) is 21.9. The second-order valence-electron chi connectivity index (χ2n) is 7.34. The molecule has 2 unspecified atom stereocenters. The van der Waals surface area contributed by atoms with Gasteiger partial charge in [0.2, 0.25) is 0 Å². The third-order valence-electron chi connectivity index (χ3n) is 5.63. The third-order valence-corrected chi connectivity index (χ3v) is 5.63. The van der Waals surface area contributed by atoms with Crippen molar-refractivity contribution in [2.24, 2.45) is 18.9 Å². The minimum Gasteiger partial charge on any atom is -0.355 e. The van der Waals surface area contributed by atoms with Crippen molar-refractivity contribution in [2.75, 3.05) is 36.0 Å². The van der Waals surface area contributed by atoms with Crippen molar-refractivity contribution in [3.63, 3.8) is 0 Å². The molecule has 2 aromatic heterocycles. The van der Waals surface area contributed by atoms with Crippen LogP contribution in [0.4, 0.5) is 16.0 Å². The van der Waals surface area contributed by atoms with Crippen LogP contribution in [0, 0.1) is 17.7 Å². The van der Waals surface area contributed by atoms with Gasteiger partial charge in [0.15, 0.2) is 0 Å². The summed E-state index contributed by atoms with van der Waals surface area (Å²) in [5, 5.41) is 5.12. The first-order valence-electron chi connectivity index (χ1n) is 9.03. The predicted octanol–water partition coefficient (Wildman–Crippen LogP) is 1.44. The molecule has 4 heterocycles. The van der Waals surface area contributed by atoms with Gasteiger partial charge >= 0.3 is 0 Å². The Morgan fingerprint density at radius 3 is 2.48 bits per heavy atom. The average Bonchev–Trinajstić information content (AvgIpc) is 3.22. The van der Waals surface area contributed by atoms with Gasteiger partial charge in [0, 0.05) is 56.5 Å². The van der Waals surface area contributed by atoms with E-state index in [1.807, 2.05) is 0 Å². The monoisotopic (exact) mass is 366 g/mol. The van der Waals surface area contributed by atoms with Crippen molar-refractivity contribution in [3.05, 3.63) is 52.8 Å². The van der Waals surface area contributed by atoms with Crippen LogP contribution in [-0.4, -0.2) is 45.9 Å². The number of anilines is 2. The Bertz CT molecular complexity index is 1070. The van der Waals surface area contributed by atoms with Crippen molar-refractivity contribution < 1.29 is 4.39 Å². The largest absolute Gasteiger partial charge is 0.355 e. The van der Waals surface area contributed by atoms with E-state index in [2.05, 4.69) is 24.9 Å². The smallest absolute Gasteiger partial charge is 0.266 e. The second kappa shape index (κ2) is 6.00. The Kier molecular flexibility index (Phi) is 3.60. The summed E-state index contributed by atoms with van der Waals surface area (Å²) in [6.07, 6.45) is 1.55. The van der Waals surface area contributed by atoms with Gasteiger partial charge in [0.1, 0.15) is 23.8 Å². The molecule has 0 N–H and O–H groups in total. The van der Waals surface area contributed by atoms with Crippen molar-refractivity contribution in [1.29, 1.82) is 0 Å². The number of fused-ring (bicyclic) bond motifs is 2. The first kappa shape index (κ1) is 16.2. The van der Waals surface area contributed by atoms with Gasteiger partial charge in [-0.15, -0.1) is 0 Å². The lowest BCUT2D eigenvalue weighted by Crippen LogP contribution is -2.31. The minimum absolute atomic E-state index is 0.104. The number of aryl methyl sites for hydroxylation is 1. The van der Waals surface area contributed by atoms with Gasteiger partial charge in [0.05, 0.1) is 5.52 Å². The van der Waals surface area contributed by atoms with Crippen LogP contribution in [-0.2, 0) is 7.05 Å².